The van der Waals surface area contributed by atoms with Crippen molar-refractivity contribution in [1.82, 2.24) is 104 Å². The second-order valence-corrected chi connectivity index (χ2v) is 37.7. The number of ketones is 5. The Morgan fingerprint density at radius 2 is 0.619 bits per heavy atom. The quantitative estimate of drug-likeness (QED) is 0.0116. The van der Waals surface area contributed by atoms with E-state index in [1.165, 1.54) is 59.9 Å². The molecule has 678 valence electrons. The van der Waals surface area contributed by atoms with Crippen LogP contribution in [0, 0.1) is 20.4 Å². The molecule has 0 aliphatic rings. The third-order valence-electron chi connectivity index (χ3n) is 18.6. The molecule has 11 rings (SSSR count). The minimum absolute atomic E-state index is 0.00861. The molecule has 11 aromatic rings. The number of aryl methyl sites for hydroxylation is 2. The zero-order chi connectivity index (χ0) is 92.4. The largest absolute Gasteiger partial charge is 0.369 e. The van der Waals surface area contributed by atoms with E-state index in [4.69, 9.17) is 62.0 Å². The number of fused-ring (bicyclic) bond motifs is 4. The van der Waals surface area contributed by atoms with E-state index in [1.54, 1.807) is 77.2 Å². The van der Waals surface area contributed by atoms with Crippen LogP contribution in [0.2, 0.25) is 0 Å². The van der Waals surface area contributed by atoms with Crippen molar-refractivity contribution in [3.63, 3.8) is 0 Å². The van der Waals surface area contributed by atoms with Gasteiger partial charge < -0.3 is 73.7 Å². The summed E-state index contributed by atoms with van der Waals surface area (Å²) < 4.78 is 98.9. The van der Waals surface area contributed by atoms with Gasteiger partial charge >= 0.3 is 0 Å². The fourth-order valence-electron chi connectivity index (χ4n) is 10.9. The van der Waals surface area contributed by atoms with Crippen LogP contribution in [0.4, 0.5) is 29.5 Å². The first kappa shape index (κ1) is 100.0. The van der Waals surface area contributed by atoms with Crippen LogP contribution in [-0.2, 0) is 121 Å². The number of anilines is 4. The Hall–Kier alpha value is -11.5. The number of nitrogens with zero attached hydrogens (tertiary/aromatic N) is 13. The molecule has 8 heterocycles. The molecule has 0 bridgehead atoms. The number of nitrogens with two attached hydrogens (primary N) is 4. The second-order valence-electron chi connectivity index (χ2n) is 29.0. The number of nitrogen functional groups attached to an aromatic ring is 4. The maximum atomic E-state index is 13.3. The van der Waals surface area contributed by atoms with Crippen molar-refractivity contribution in [2.24, 2.45) is 0 Å². The van der Waals surface area contributed by atoms with Gasteiger partial charge in [-0.2, -0.15) is 19.9 Å². The molecule has 17 N–H and O–H groups in total. The number of nitrogens with one attached hydrogen (secondary N) is 9. The maximum Gasteiger partial charge on any atom is 0.295 e. The molecule has 8 aromatic heterocycles. The number of carbonyl (C=O) groups is 5. The SMILES string of the molecule is CC(=O)[C@@H](C)NP(=O)(COCCn1cnc2c(=O)[nH]c(N)nc21)N[C@H](C)C(C)=O.CC(=O)[C@@H](C)NP(=O)(COCCn1cnc2c(=O)[nH]c(N)nc21)OCc1ccc(C)cc1.CC(=O)[C@@H](C)NP(=O)(COCCn1cnc2c(=O)[nH]c(N)nc21)OCc1ccc(C)cc1.[C-]#[N+]c1ccc(COP(=O)(COCCn2cnc3c(=O)[nH]c(N)nc32)N[C@H](C)C(C)=O)cc1. The molecule has 0 spiro atoms. The van der Waals surface area contributed by atoms with E-state index in [9.17, 15) is 61.4 Å². The molecule has 0 fully saturated rings. The number of hydrogen-bond acceptors (Lipinski definition) is 32. The second kappa shape index (κ2) is 46.1. The van der Waals surface area contributed by atoms with Gasteiger partial charge in [0.2, 0.25) is 31.2 Å². The van der Waals surface area contributed by atoms with Crippen LogP contribution in [0.1, 0.15) is 97.1 Å². The van der Waals surface area contributed by atoms with Crippen LogP contribution < -0.4 is 70.6 Å². The van der Waals surface area contributed by atoms with Gasteiger partial charge in [-0.05, 0) is 99.8 Å². The number of aromatic nitrogens is 16. The molecule has 8 atom stereocenters. The first-order valence-corrected chi connectivity index (χ1v) is 46.3. The van der Waals surface area contributed by atoms with Crippen molar-refractivity contribution in [2.45, 2.75) is 159 Å². The Labute approximate surface area is 720 Å². The van der Waals surface area contributed by atoms with Gasteiger partial charge in [0.1, 0.15) is 54.3 Å². The summed E-state index contributed by atoms with van der Waals surface area (Å²) in [6, 6.07) is 18.6. The van der Waals surface area contributed by atoms with E-state index in [0.717, 1.165) is 27.8 Å². The fraction of sp³-hybridized carbons (Fsp3) is 0.421. The lowest BCUT2D eigenvalue weighted by Crippen LogP contribution is -2.40. The Balaban J connectivity index is 0.000000208. The smallest absolute Gasteiger partial charge is 0.295 e. The van der Waals surface area contributed by atoms with Gasteiger partial charge in [-0.1, -0.05) is 83.9 Å². The molecule has 3 aromatic carbocycles. The van der Waals surface area contributed by atoms with Gasteiger partial charge in [-0.3, -0.25) is 81.3 Å². The number of imidazole rings is 4. The highest BCUT2D eigenvalue weighted by Crippen LogP contribution is 2.46. The van der Waals surface area contributed by atoms with Gasteiger partial charge in [0.15, 0.2) is 50.3 Å². The first-order valence-electron chi connectivity index (χ1n) is 39.0. The molecule has 0 saturated heterocycles. The van der Waals surface area contributed by atoms with Crippen LogP contribution in [0.25, 0.3) is 49.5 Å². The van der Waals surface area contributed by atoms with Gasteiger partial charge in [-0.25, -0.2) is 50.2 Å². The van der Waals surface area contributed by atoms with Crippen molar-refractivity contribution < 1.29 is 74.8 Å². The summed E-state index contributed by atoms with van der Waals surface area (Å²) in [6.45, 7) is 27.8. The van der Waals surface area contributed by atoms with E-state index in [0.29, 0.717) is 41.4 Å². The minimum atomic E-state index is -3.55. The monoisotopic (exact) mass is 1820 g/mol. The summed E-state index contributed by atoms with van der Waals surface area (Å²) in [5, 5.41) is 13.8. The van der Waals surface area contributed by atoms with Gasteiger partial charge in [-0.15, -0.1) is 0 Å². The van der Waals surface area contributed by atoms with Crippen LogP contribution in [0.3, 0.4) is 0 Å². The molecule has 126 heavy (non-hydrogen) atoms. The van der Waals surface area contributed by atoms with Crippen molar-refractivity contribution in [2.75, 3.05) is 74.8 Å². The molecular formula is C76H104N26O20P4. The minimum Gasteiger partial charge on any atom is -0.369 e. The zero-order valence-corrected chi connectivity index (χ0v) is 74.9. The zero-order valence-electron chi connectivity index (χ0n) is 71.3. The number of benzene rings is 3. The number of hydrogen-bond donors (Lipinski definition) is 13. The van der Waals surface area contributed by atoms with Crippen LogP contribution in [0.5, 0.6) is 0 Å². The van der Waals surface area contributed by atoms with Gasteiger partial charge in [0.25, 0.3) is 44.8 Å². The number of Topliss-reactive ketones (excluding diaryl/α,β-unsaturated/α-hetero) is 5. The summed E-state index contributed by atoms with van der Waals surface area (Å²) in [5.41, 5.74) is 27.7. The van der Waals surface area contributed by atoms with E-state index in [2.05, 4.69) is 90.1 Å². The Morgan fingerprint density at radius 3 is 0.857 bits per heavy atom. The van der Waals surface area contributed by atoms with E-state index in [1.807, 2.05) is 62.4 Å². The highest BCUT2D eigenvalue weighted by atomic mass is 31.2. The molecule has 46 nitrogen and oxygen atoms in total. The van der Waals surface area contributed by atoms with Crippen LogP contribution in [0.15, 0.2) is 117 Å². The van der Waals surface area contributed by atoms with Gasteiger partial charge in [0, 0.05) is 26.2 Å². The molecule has 0 radical (unpaired) electrons. The summed E-state index contributed by atoms with van der Waals surface area (Å²) in [4.78, 5) is 151. The predicted octanol–water partition coefficient (Wildman–Crippen LogP) is 6.13. The summed E-state index contributed by atoms with van der Waals surface area (Å²) in [6.07, 6.45) is 4.78. The molecule has 50 heteroatoms. The Kier molecular flexibility index (Phi) is 36.6. The van der Waals surface area contributed by atoms with Crippen molar-refractivity contribution >= 4 is 133 Å². The molecule has 0 saturated carbocycles. The summed E-state index contributed by atoms with van der Waals surface area (Å²) in [5.74, 6) is -0.991. The third kappa shape index (κ3) is 30.1. The van der Waals surface area contributed by atoms with E-state index < -0.39 is 82.4 Å². The predicted molar refractivity (Wildman–Crippen MR) is 470 cm³/mol. The average molecular weight is 1830 g/mol. The van der Waals surface area contributed by atoms with E-state index >= 15 is 0 Å². The third-order valence-corrected chi connectivity index (χ3v) is 26.3. The number of ether oxygens (including phenoxy) is 4. The molecular weight excluding hydrogens is 1720 g/mol. The normalized spacial score (nSPS) is 14.2. The fourth-order valence-corrected chi connectivity index (χ4v) is 18.3. The molecule has 0 amide bonds. The number of rotatable bonds is 44. The topological polar surface area (TPSA) is 641 Å². The van der Waals surface area contributed by atoms with Crippen LogP contribution >= 0.6 is 30.0 Å². The summed E-state index contributed by atoms with van der Waals surface area (Å²) in [7, 11) is -13.9. The van der Waals surface area contributed by atoms with Crippen molar-refractivity contribution in [1.29, 1.82) is 0 Å². The standard InChI is InChI=1S/C20H24N7O5P.2C20H27N6O5P.C16H26N7O5P/c1-13(14(2)28)26-33(30,32-10-15-4-6-16(22-3)7-5-15)12-31-9-8-27-11-23-17-18(27)24-20(21)25-19(17)29;2*1-13-4-6-16(7-5-13)10-31-32(29,25-14(2)15(3)27)12-30-9-8-26-11-22-17-18(26)23-20(21)24-19(17)28;1-9(11(3)24)21-29(27,22-10(2)12(4)25)8-28-6-5-23-7-18-13-14(23)19-16(17)20-15(13)26/h4-7,11,13H,8-10,12H2,1-2H3,(H,26,30)(H3,21,24,25,29);2*4-7,11,14H,8-10,12H2,1-3H3,(H,25,29)(H3,21,23,24,28);7,9-10H,5-6,8H2,1-4H3,(H2,21,22,27)(H3,17,19,20,26)/t13-,33?;2*14-,32?;9-,10-/m1111/s1. The van der Waals surface area contributed by atoms with Crippen LogP contribution in [-0.4, -0.2) is 189 Å². The first-order chi connectivity index (χ1) is 59.6. The van der Waals surface area contributed by atoms with Crippen molar-refractivity contribution in [3.8, 4) is 0 Å². The number of aromatic amines is 4. The number of H-pyrrole nitrogens is 4. The lowest BCUT2D eigenvalue weighted by Gasteiger charge is -2.26. The Morgan fingerprint density at radius 1 is 0.389 bits per heavy atom. The van der Waals surface area contributed by atoms with Gasteiger partial charge in [0.05, 0.1) is 108 Å². The van der Waals surface area contributed by atoms with E-state index in [-0.39, 0.29) is 160 Å². The Bertz CT molecular complexity index is 5910. The lowest BCUT2D eigenvalue weighted by molar-refractivity contribution is -0.119. The lowest BCUT2D eigenvalue weighted by atomic mass is 10.2. The summed E-state index contributed by atoms with van der Waals surface area (Å²) >= 11 is 0. The average Bonchev–Trinajstić information content (AvgIpc) is 1.67. The number of carbonyl (C=O) groups excluding carboxylic acids is 5. The maximum absolute atomic E-state index is 13.3. The molecule has 0 aliphatic heterocycles. The molecule has 0 aliphatic carbocycles. The highest BCUT2D eigenvalue weighted by Gasteiger charge is 2.33. The molecule has 3 unspecified atom stereocenters. The van der Waals surface area contributed by atoms with Crippen molar-refractivity contribution in [3.05, 3.63) is 179 Å². The highest BCUT2D eigenvalue weighted by molar-refractivity contribution is 7.59.